The number of carbonyl (C=O) groups is 1. The van der Waals surface area contributed by atoms with Crippen molar-refractivity contribution >= 4 is 5.97 Å². The predicted octanol–water partition coefficient (Wildman–Crippen LogP) is 0.171. The molecular formula is C5H11NO3. The fourth-order valence-corrected chi connectivity index (χ4v) is 0.321. The smallest absolute Gasteiger partial charge is 0.320 e. The molecule has 9 heavy (non-hydrogen) atoms. The van der Waals surface area contributed by atoms with Gasteiger partial charge in [-0.05, 0) is 13.8 Å². The number of rotatable bonds is 3. The van der Waals surface area contributed by atoms with Crippen LogP contribution in [0, 0.1) is 0 Å². The molecule has 0 atom stereocenters. The second-order valence-electron chi connectivity index (χ2n) is 2.09. The van der Waals surface area contributed by atoms with Crippen molar-refractivity contribution in [3.63, 3.8) is 0 Å². The van der Waals surface area contributed by atoms with Gasteiger partial charge in [0.2, 0.25) is 0 Å². The molecule has 0 fully saturated rings. The standard InChI is InChI=1S/C5H11NO3/c1-4(2)6(9)3-5(7)8/h4,9H,3H2,1-2H3,(H,7,8). The van der Waals surface area contributed by atoms with Crippen LogP contribution in [0.2, 0.25) is 0 Å². The zero-order valence-electron chi connectivity index (χ0n) is 5.53. The highest BCUT2D eigenvalue weighted by atomic mass is 16.5. The molecule has 0 spiro atoms. The van der Waals surface area contributed by atoms with E-state index in [2.05, 4.69) is 0 Å². The number of hydrogen-bond acceptors (Lipinski definition) is 3. The molecule has 4 nitrogen and oxygen atoms in total. The van der Waals surface area contributed by atoms with Crippen LogP contribution >= 0.6 is 0 Å². The molecule has 4 heteroatoms. The number of hydrogen-bond donors (Lipinski definition) is 2. The van der Waals surface area contributed by atoms with Crippen molar-refractivity contribution in [2.75, 3.05) is 6.54 Å². The van der Waals surface area contributed by atoms with E-state index >= 15 is 0 Å². The Bertz CT molecular complexity index is 102. The maximum Gasteiger partial charge on any atom is 0.320 e. The zero-order chi connectivity index (χ0) is 7.44. The largest absolute Gasteiger partial charge is 0.480 e. The van der Waals surface area contributed by atoms with Crippen molar-refractivity contribution in [2.24, 2.45) is 0 Å². The summed E-state index contributed by atoms with van der Waals surface area (Å²) in [4.78, 5) is 9.91. The van der Waals surface area contributed by atoms with Crippen LogP contribution in [0.1, 0.15) is 13.8 Å². The second kappa shape index (κ2) is 3.42. The minimum Gasteiger partial charge on any atom is -0.480 e. The molecule has 0 radical (unpaired) electrons. The third kappa shape index (κ3) is 3.93. The SMILES string of the molecule is CC(C)N(O)CC(=O)O. The van der Waals surface area contributed by atoms with E-state index in [0.717, 1.165) is 5.06 Å². The van der Waals surface area contributed by atoms with Crippen LogP contribution in [-0.4, -0.2) is 33.9 Å². The number of nitrogens with zero attached hydrogens (tertiary/aromatic N) is 1. The van der Waals surface area contributed by atoms with Crippen molar-refractivity contribution < 1.29 is 15.1 Å². The first-order valence-corrected chi connectivity index (χ1v) is 2.71. The van der Waals surface area contributed by atoms with Gasteiger partial charge in [0.05, 0.1) is 0 Å². The first kappa shape index (κ1) is 8.39. The van der Waals surface area contributed by atoms with Crippen molar-refractivity contribution in [1.29, 1.82) is 0 Å². The Labute approximate surface area is 53.7 Å². The van der Waals surface area contributed by atoms with Gasteiger partial charge in [-0.1, -0.05) is 0 Å². The van der Waals surface area contributed by atoms with Gasteiger partial charge in [0.25, 0.3) is 0 Å². The quantitative estimate of drug-likeness (QED) is 0.539. The molecule has 0 heterocycles. The molecule has 0 aliphatic carbocycles. The molecule has 0 saturated heterocycles. The molecule has 0 aliphatic heterocycles. The van der Waals surface area contributed by atoms with Gasteiger partial charge in [-0.2, -0.15) is 5.06 Å². The van der Waals surface area contributed by atoms with Crippen molar-refractivity contribution in [1.82, 2.24) is 5.06 Å². The molecule has 0 saturated carbocycles. The molecule has 2 N–H and O–H groups in total. The van der Waals surface area contributed by atoms with E-state index in [-0.39, 0.29) is 12.6 Å². The van der Waals surface area contributed by atoms with E-state index in [0.29, 0.717) is 0 Å². The topological polar surface area (TPSA) is 60.8 Å². The summed E-state index contributed by atoms with van der Waals surface area (Å²) in [5.41, 5.74) is 0. The van der Waals surface area contributed by atoms with Gasteiger partial charge in [0.1, 0.15) is 6.54 Å². The van der Waals surface area contributed by atoms with Gasteiger partial charge in [0.15, 0.2) is 0 Å². The van der Waals surface area contributed by atoms with Gasteiger partial charge >= 0.3 is 5.97 Å². The van der Waals surface area contributed by atoms with Crippen LogP contribution in [0.3, 0.4) is 0 Å². The van der Waals surface area contributed by atoms with Crippen LogP contribution in [0.5, 0.6) is 0 Å². The van der Waals surface area contributed by atoms with E-state index in [9.17, 15) is 4.79 Å². The fourth-order valence-electron chi connectivity index (χ4n) is 0.321. The zero-order valence-corrected chi connectivity index (χ0v) is 5.53. The summed E-state index contributed by atoms with van der Waals surface area (Å²) in [6.07, 6.45) is 0. The maximum atomic E-state index is 9.91. The van der Waals surface area contributed by atoms with Crippen LogP contribution in [0.4, 0.5) is 0 Å². The number of carboxylic acid groups (broad SMARTS) is 1. The number of carboxylic acids is 1. The van der Waals surface area contributed by atoms with Crippen molar-refractivity contribution in [3.05, 3.63) is 0 Å². The van der Waals surface area contributed by atoms with Crippen molar-refractivity contribution in [3.8, 4) is 0 Å². The number of hydroxylamine groups is 2. The molecular weight excluding hydrogens is 122 g/mol. The van der Waals surface area contributed by atoms with Gasteiger partial charge in [-0.25, -0.2) is 0 Å². The van der Waals surface area contributed by atoms with Gasteiger partial charge in [-0.3, -0.25) is 4.79 Å². The molecule has 0 aliphatic rings. The molecule has 0 aromatic rings. The van der Waals surface area contributed by atoms with Crippen LogP contribution in [0.25, 0.3) is 0 Å². The highest BCUT2D eigenvalue weighted by Gasteiger charge is 2.08. The molecule has 0 rings (SSSR count). The highest BCUT2D eigenvalue weighted by molar-refractivity contribution is 5.68. The van der Waals surface area contributed by atoms with Crippen molar-refractivity contribution in [2.45, 2.75) is 19.9 Å². The Hall–Kier alpha value is -0.610. The highest BCUT2D eigenvalue weighted by Crippen LogP contribution is 1.90. The molecule has 0 amide bonds. The average Bonchev–Trinajstić information content (AvgIpc) is 1.63. The van der Waals surface area contributed by atoms with E-state index in [4.69, 9.17) is 10.3 Å². The Morgan fingerprint density at radius 2 is 2.11 bits per heavy atom. The summed E-state index contributed by atoms with van der Waals surface area (Å²) in [7, 11) is 0. The maximum absolute atomic E-state index is 9.91. The van der Waals surface area contributed by atoms with Gasteiger partial charge in [-0.15, -0.1) is 0 Å². The summed E-state index contributed by atoms with van der Waals surface area (Å²) in [5, 5.41) is 17.6. The first-order valence-electron chi connectivity index (χ1n) is 2.71. The summed E-state index contributed by atoms with van der Waals surface area (Å²) in [6, 6.07) is -0.138. The first-order chi connectivity index (χ1) is 4.04. The molecule has 0 bridgehead atoms. The molecule has 0 aromatic carbocycles. The Kier molecular flexibility index (Phi) is 3.19. The third-order valence-corrected chi connectivity index (χ3v) is 0.893. The van der Waals surface area contributed by atoms with E-state index in [1.807, 2.05) is 0 Å². The summed E-state index contributed by atoms with van der Waals surface area (Å²) < 4.78 is 0. The minimum absolute atomic E-state index is 0.138. The summed E-state index contributed by atoms with van der Waals surface area (Å²) in [5.74, 6) is -1.02. The molecule has 54 valence electrons. The van der Waals surface area contributed by atoms with Gasteiger partial charge in [0, 0.05) is 6.04 Å². The second-order valence-corrected chi connectivity index (χ2v) is 2.09. The summed E-state index contributed by atoms with van der Waals surface area (Å²) in [6.45, 7) is 3.10. The fraction of sp³-hybridized carbons (Fsp3) is 0.800. The lowest BCUT2D eigenvalue weighted by Crippen LogP contribution is -2.32. The van der Waals surface area contributed by atoms with Crippen LogP contribution in [0.15, 0.2) is 0 Å². The van der Waals surface area contributed by atoms with E-state index in [1.54, 1.807) is 13.8 Å². The predicted molar refractivity (Wildman–Crippen MR) is 31.3 cm³/mol. The molecule has 0 unspecified atom stereocenters. The lowest BCUT2D eigenvalue weighted by molar-refractivity contribution is -0.159. The Balaban J connectivity index is 3.50. The monoisotopic (exact) mass is 133 g/mol. The Morgan fingerprint density at radius 1 is 1.67 bits per heavy atom. The Morgan fingerprint density at radius 3 is 2.22 bits per heavy atom. The summed E-state index contributed by atoms with van der Waals surface area (Å²) >= 11 is 0. The van der Waals surface area contributed by atoms with E-state index < -0.39 is 5.97 Å². The molecule has 0 aromatic heterocycles. The lowest BCUT2D eigenvalue weighted by atomic mass is 10.4. The average molecular weight is 133 g/mol. The lowest BCUT2D eigenvalue weighted by Gasteiger charge is -2.15. The minimum atomic E-state index is -1.02. The van der Waals surface area contributed by atoms with Gasteiger partial charge < -0.3 is 10.3 Å². The van der Waals surface area contributed by atoms with E-state index in [1.165, 1.54) is 0 Å². The number of aliphatic carboxylic acids is 1. The third-order valence-electron chi connectivity index (χ3n) is 0.893. The normalized spacial score (nSPS) is 10.8. The van der Waals surface area contributed by atoms with Crippen LogP contribution < -0.4 is 0 Å². The van der Waals surface area contributed by atoms with Crippen LogP contribution in [-0.2, 0) is 4.79 Å².